The Labute approximate surface area is 212 Å². The quantitative estimate of drug-likeness (QED) is 0.270. The third-order valence-corrected chi connectivity index (χ3v) is 7.37. The van der Waals surface area contributed by atoms with Crippen LogP contribution < -0.4 is 0 Å². The Balaban J connectivity index is 1.60. The number of rotatable bonds is 8. The lowest BCUT2D eigenvalue weighted by atomic mass is 9.72. The van der Waals surface area contributed by atoms with E-state index in [1.807, 2.05) is 27.7 Å². The van der Waals surface area contributed by atoms with E-state index in [1.165, 1.54) is 5.47 Å². The van der Waals surface area contributed by atoms with Gasteiger partial charge in [0.2, 0.25) is 0 Å². The molecular formula is C26H46BNO7. The molecule has 2 aliphatic heterocycles. The largest absolute Gasteiger partial charge is 0.490 e. The summed E-state index contributed by atoms with van der Waals surface area (Å²) < 4.78 is 35.9. The molecule has 0 spiro atoms. The van der Waals surface area contributed by atoms with Crippen molar-refractivity contribution in [2.24, 2.45) is 0 Å². The predicted molar refractivity (Wildman–Crippen MR) is 135 cm³/mol. The topological polar surface area (TPSA) is 75.7 Å². The number of hydrogen-bond acceptors (Lipinski definition) is 7. The zero-order chi connectivity index (χ0) is 25.9. The van der Waals surface area contributed by atoms with Gasteiger partial charge in [0, 0.05) is 13.2 Å². The van der Waals surface area contributed by atoms with Crippen LogP contribution in [0, 0.1) is 0 Å². The van der Waals surface area contributed by atoms with Crippen LogP contribution in [0.1, 0.15) is 87.5 Å². The molecule has 0 aromatic carbocycles. The summed E-state index contributed by atoms with van der Waals surface area (Å²) in [5.74, 6) is 0. The molecule has 0 aromatic heterocycles. The fourth-order valence-electron chi connectivity index (χ4n) is 4.60. The van der Waals surface area contributed by atoms with Gasteiger partial charge in [0.05, 0.1) is 36.1 Å². The lowest BCUT2D eigenvalue weighted by Crippen LogP contribution is -2.55. The van der Waals surface area contributed by atoms with E-state index in [2.05, 4.69) is 33.8 Å². The first kappa shape index (κ1) is 28.4. The zero-order valence-electron chi connectivity index (χ0n) is 23.1. The molecule has 8 nitrogen and oxygen atoms in total. The second-order valence-corrected chi connectivity index (χ2v) is 11.8. The summed E-state index contributed by atoms with van der Waals surface area (Å²) in [6, 6.07) is -0.215. The molecule has 3 unspecified atom stereocenters. The van der Waals surface area contributed by atoms with Crippen LogP contribution in [0.25, 0.3) is 0 Å². The van der Waals surface area contributed by atoms with Gasteiger partial charge in [0.1, 0.15) is 12.4 Å². The Morgan fingerprint density at radius 3 is 2.40 bits per heavy atom. The fourth-order valence-corrected chi connectivity index (χ4v) is 4.60. The van der Waals surface area contributed by atoms with Crippen LogP contribution >= 0.6 is 0 Å². The molecule has 200 valence electrons. The van der Waals surface area contributed by atoms with E-state index in [-0.39, 0.29) is 49.5 Å². The van der Waals surface area contributed by atoms with Crippen molar-refractivity contribution in [3.63, 3.8) is 0 Å². The number of carbonyl (C=O) groups is 1. The van der Waals surface area contributed by atoms with Crippen molar-refractivity contribution in [1.29, 1.82) is 0 Å². The summed E-state index contributed by atoms with van der Waals surface area (Å²) in [6.45, 7) is 17.7. The van der Waals surface area contributed by atoms with Crippen LogP contribution in [0.3, 0.4) is 0 Å². The van der Waals surface area contributed by atoms with Crippen LogP contribution in [0.2, 0.25) is 0 Å². The molecule has 0 aromatic rings. The second-order valence-electron chi connectivity index (χ2n) is 11.8. The minimum absolute atomic E-state index is 0.0797. The Hall–Kier alpha value is -1.13. The minimum atomic E-state index is -0.556. The Morgan fingerprint density at radius 1 is 1.14 bits per heavy atom. The van der Waals surface area contributed by atoms with Gasteiger partial charge in [-0.2, -0.15) is 0 Å². The first-order chi connectivity index (χ1) is 16.3. The molecule has 35 heavy (non-hydrogen) atoms. The summed E-state index contributed by atoms with van der Waals surface area (Å²) in [6.07, 6.45) is 6.08. The molecule has 0 bridgehead atoms. The molecule has 0 N–H and O–H groups in total. The van der Waals surface area contributed by atoms with Gasteiger partial charge in [0.15, 0.2) is 0 Å². The first-order valence-electron chi connectivity index (χ1n) is 13.2. The fraction of sp³-hybridized carbons (Fsp3) is 0.885. The summed E-state index contributed by atoms with van der Waals surface area (Å²) in [7, 11) is -0.293. The predicted octanol–water partition coefficient (Wildman–Crippen LogP) is 4.89. The zero-order valence-corrected chi connectivity index (χ0v) is 23.1. The molecule has 9 heteroatoms. The molecular weight excluding hydrogens is 449 g/mol. The van der Waals surface area contributed by atoms with Gasteiger partial charge in [0.25, 0.3) is 0 Å². The van der Waals surface area contributed by atoms with Crippen LogP contribution in [0.5, 0.6) is 0 Å². The van der Waals surface area contributed by atoms with E-state index >= 15 is 0 Å². The Kier molecular flexibility index (Phi) is 9.35. The normalized spacial score (nSPS) is 28.7. The van der Waals surface area contributed by atoms with E-state index in [9.17, 15) is 4.79 Å². The van der Waals surface area contributed by atoms with Gasteiger partial charge < -0.3 is 33.2 Å². The maximum Gasteiger partial charge on any atom is 0.490 e. The van der Waals surface area contributed by atoms with Gasteiger partial charge in [-0.3, -0.25) is 0 Å². The summed E-state index contributed by atoms with van der Waals surface area (Å²) in [5, 5.41) is 0. The number of piperidine rings is 1. The van der Waals surface area contributed by atoms with E-state index < -0.39 is 5.60 Å². The van der Waals surface area contributed by atoms with Gasteiger partial charge in [-0.15, -0.1) is 0 Å². The number of allylic oxidation sites excluding steroid dienone is 1. The van der Waals surface area contributed by atoms with Crippen LogP contribution in [0.15, 0.2) is 11.5 Å². The smallest absolute Gasteiger partial charge is 0.444 e. The maximum atomic E-state index is 13.0. The third kappa shape index (κ3) is 7.45. The molecule has 0 saturated carbocycles. The molecule has 3 atom stereocenters. The second kappa shape index (κ2) is 11.5. The van der Waals surface area contributed by atoms with Gasteiger partial charge in [-0.1, -0.05) is 6.08 Å². The van der Waals surface area contributed by atoms with Crippen LogP contribution in [0.4, 0.5) is 4.79 Å². The molecule has 0 radical (unpaired) electrons. The summed E-state index contributed by atoms with van der Waals surface area (Å²) in [4.78, 5) is 14.7. The lowest BCUT2D eigenvalue weighted by molar-refractivity contribution is -0.137. The number of carbonyl (C=O) groups excluding carboxylic acids is 1. The average Bonchev–Trinajstić information content (AvgIpc) is 2.98. The molecule has 2 fully saturated rings. The molecule has 2 saturated heterocycles. The first-order valence-corrected chi connectivity index (χ1v) is 13.2. The summed E-state index contributed by atoms with van der Waals surface area (Å²) >= 11 is 0. The van der Waals surface area contributed by atoms with Crippen molar-refractivity contribution in [1.82, 2.24) is 4.90 Å². The van der Waals surface area contributed by atoms with E-state index in [0.717, 1.165) is 32.1 Å². The number of hydrogen-bond donors (Lipinski definition) is 0. The monoisotopic (exact) mass is 495 g/mol. The van der Waals surface area contributed by atoms with Crippen molar-refractivity contribution < 1.29 is 33.1 Å². The average molecular weight is 495 g/mol. The highest BCUT2D eigenvalue weighted by Crippen LogP contribution is 2.40. The lowest BCUT2D eigenvalue weighted by Gasteiger charge is -2.41. The Morgan fingerprint density at radius 2 is 1.83 bits per heavy atom. The van der Waals surface area contributed by atoms with Crippen molar-refractivity contribution in [2.45, 2.75) is 123 Å². The van der Waals surface area contributed by atoms with E-state index in [1.54, 1.807) is 4.90 Å². The highest BCUT2D eigenvalue weighted by molar-refractivity contribution is 6.54. The standard InChI is InChI=1S/C26H46BNO7/c1-9-30-18-32-22-11-10-16-28(23(29)33-24(2,3)4)21(22)17-31-20-14-12-19(13-15-20)27-34-25(5,6)26(7,8)35-27/h12,20-22H,9-11,13-18H2,1-8H3. The number of nitrogens with zero attached hydrogens (tertiary/aromatic N) is 1. The van der Waals surface area contributed by atoms with Crippen molar-refractivity contribution in [2.75, 3.05) is 26.6 Å². The molecule has 3 rings (SSSR count). The molecule has 3 aliphatic rings. The van der Waals surface area contributed by atoms with Gasteiger partial charge >= 0.3 is 13.2 Å². The van der Waals surface area contributed by atoms with Gasteiger partial charge in [-0.05, 0) is 93.0 Å². The number of likely N-dealkylation sites (tertiary alicyclic amines) is 1. The highest BCUT2D eigenvalue weighted by atomic mass is 16.7. The van der Waals surface area contributed by atoms with Gasteiger partial charge in [-0.25, -0.2) is 4.79 Å². The maximum absolute atomic E-state index is 13.0. The van der Waals surface area contributed by atoms with Crippen molar-refractivity contribution in [3.05, 3.63) is 11.5 Å². The minimum Gasteiger partial charge on any atom is -0.444 e. The molecule has 2 heterocycles. The third-order valence-electron chi connectivity index (χ3n) is 7.37. The highest BCUT2D eigenvalue weighted by Gasteiger charge is 2.52. The summed E-state index contributed by atoms with van der Waals surface area (Å²) in [5.41, 5.74) is -0.0442. The van der Waals surface area contributed by atoms with E-state index in [0.29, 0.717) is 19.8 Å². The number of ether oxygens (including phenoxy) is 4. The van der Waals surface area contributed by atoms with Crippen LogP contribution in [-0.4, -0.2) is 79.7 Å². The van der Waals surface area contributed by atoms with Crippen molar-refractivity contribution in [3.8, 4) is 0 Å². The number of amides is 1. The van der Waals surface area contributed by atoms with E-state index in [4.69, 9.17) is 28.3 Å². The molecule has 1 aliphatic carbocycles. The Bertz CT molecular complexity index is 732. The SMILES string of the molecule is CCOCOC1CCCN(C(=O)OC(C)(C)C)C1COC1CC=C(B2OC(C)(C)C(C)(C)O2)CC1. The molecule has 1 amide bonds. The van der Waals surface area contributed by atoms with Crippen LogP contribution in [-0.2, 0) is 28.3 Å². The van der Waals surface area contributed by atoms with Crippen molar-refractivity contribution >= 4 is 13.2 Å².